The number of rotatable bonds is 9. The van der Waals surface area contributed by atoms with Crippen LogP contribution in [0.2, 0.25) is 0 Å². The first-order valence-corrected chi connectivity index (χ1v) is 10.1. The van der Waals surface area contributed by atoms with Gasteiger partial charge in [-0.1, -0.05) is 12.1 Å². The first kappa shape index (κ1) is 21.9. The third-order valence-electron chi connectivity index (χ3n) is 4.89. The lowest BCUT2D eigenvalue weighted by Gasteiger charge is -2.14. The maximum Gasteiger partial charge on any atom is 0.251 e. The molecule has 3 aromatic rings. The minimum absolute atomic E-state index is 0.0364. The van der Waals surface area contributed by atoms with Crippen molar-refractivity contribution in [3.8, 4) is 17.2 Å². The van der Waals surface area contributed by atoms with E-state index in [0.717, 1.165) is 18.6 Å². The molecular formula is C25H26N2O4. The van der Waals surface area contributed by atoms with Crippen molar-refractivity contribution in [1.29, 1.82) is 0 Å². The Balaban J connectivity index is 1.50. The largest absolute Gasteiger partial charge is 0.497 e. The van der Waals surface area contributed by atoms with Gasteiger partial charge in [-0.05, 0) is 86.0 Å². The second kappa shape index (κ2) is 10.3. The van der Waals surface area contributed by atoms with Gasteiger partial charge in [-0.3, -0.25) is 9.59 Å². The van der Waals surface area contributed by atoms with E-state index in [4.69, 9.17) is 15.2 Å². The lowest BCUT2D eigenvalue weighted by molar-refractivity contribution is 0.0937. The highest BCUT2D eigenvalue weighted by Crippen LogP contribution is 2.22. The second-order valence-electron chi connectivity index (χ2n) is 7.28. The highest BCUT2D eigenvalue weighted by Gasteiger charge is 2.11. The molecule has 0 saturated heterocycles. The minimum atomic E-state index is -0.486. The van der Waals surface area contributed by atoms with E-state index in [1.807, 2.05) is 31.2 Å². The van der Waals surface area contributed by atoms with Crippen LogP contribution in [0.4, 0.5) is 0 Å². The average molecular weight is 418 g/mol. The topological polar surface area (TPSA) is 90.7 Å². The van der Waals surface area contributed by atoms with Gasteiger partial charge in [0.1, 0.15) is 17.2 Å². The van der Waals surface area contributed by atoms with E-state index in [9.17, 15) is 9.59 Å². The van der Waals surface area contributed by atoms with E-state index in [0.29, 0.717) is 22.6 Å². The first-order chi connectivity index (χ1) is 14.9. The predicted octanol–water partition coefficient (Wildman–Crippen LogP) is 4.34. The zero-order chi connectivity index (χ0) is 22.2. The Bertz CT molecular complexity index is 1010. The van der Waals surface area contributed by atoms with E-state index in [1.54, 1.807) is 55.6 Å². The molecule has 2 amide bonds. The number of amides is 2. The number of methoxy groups -OCH3 is 1. The minimum Gasteiger partial charge on any atom is -0.497 e. The van der Waals surface area contributed by atoms with Crippen LogP contribution in [0.1, 0.15) is 39.6 Å². The number of primary amides is 1. The third-order valence-corrected chi connectivity index (χ3v) is 4.89. The summed E-state index contributed by atoms with van der Waals surface area (Å²) < 4.78 is 10.9. The van der Waals surface area contributed by atoms with Crippen LogP contribution in [-0.4, -0.2) is 25.0 Å². The normalized spacial score (nSPS) is 11.4. The number of nitrogens with two attached hydrogens (primary N) is 1. The maximum absolute atomic E-state index is 12.5. The number of aryl methyl sites for hydroxylation is 1. The molecule has 0 saturated carbocycles. The van der Waals surface area contributed by atoms with Crippen molar-refractivity contribution in [1.82, 2.24) is 5.32 Å². The van der Waals surface area contributed by atoms with Crippen molar-refractivity contribution in [3.05, 3.63) is 89.5 Å². The van der Waals surface area contributed by atoms with Gasteiger partial charge in [-0.2, -0.15) is 0 Å². The summed E-state index contributed by atoms with van der Waals surface area (Å²) >= 11 is 0. The quantitative estimate of drug-likeness (QED) is 0.541. The molecule has 1 unspecified atom stereocenters. The predicted molar refractivity (Wildman–Crippen MR) is 120 cm³/mol. The van der Waals surface area contributed by atoms with Crippen molar-refractivity contribution >= 4 is 11.8 Å². The molecule has 0 aliphatic heterocycles. The number of nitrogens with one attached hydrogen (secondary N) is 1. The van der Waals surface area contributed by atoms with Gasteiger partial charge < -0.3 is 20.5 Å². The molecule has 3 aromatic carbocycles. The molecule has 6 heteroatoms. The van der Waals surface area contributed by atoms with E-state index in [-0.39, 0.29) is 11.9 Å². The molecule has 0 aromatic heterocycles. The van der Waals surface area contributed by atoms with E-state index >= 15 is 0 Å². The Hall–Kier alpha value is -3.80. The Morgan fingerprint density at radius 3 is 1.87 bits per heavy atom. The molecule has 3 rings (SSSR count). The van der Waals surface area contributed by atoms with Crippen LogP contribution in [0, 0.1) is 0 Å². The van der Waals surface area contributed by atoms with Gasteiger partial charge in [0.15, 0.2) is 0 Å². The van der Waals surface area contributed by atoms with Gasteiger partial charge in [0.2, 0.25) is 5.91 Å². The van der Waals surface area contributed by atoms with Crippen molar-refractivity contribution < 1.29 is 19.1 Å². The van der Waals surface area contributed by atoms with Crippen molar-refractivity contribution in [2.45, 2.75) is 25.8 Å². The highest BCUT2D eigenvalue weighted by atomic mass is 16.5. The molecular weight excluding hydrogens is 392 g/mol. The molecule has 1 atom stereocenters. The highest BCUT2D eigenvalue weighted by molar-refractivity contribution is 5.94. The van der Waals surface area contributed by atoms with Gasteiger partial charge in [0.25, 0.3) is 5.91 Å². The molecule has 160 valence electrons. The molecule has 31 heavy (non-hydrogen) atoms. The van der Waals surface area contributed by atoms with Crippen LogP contribution in [-0.2, 0) is 6.42 Å². The smallest absolute Gasteiger partial charge is 0.251 e. The third kappa shape index (κ3) is 6.34. The van der Waals surface area contributed by atoms with E-state index < -0.39 is 5.91 Å². The molecule has 0 aliphatic carbocycles. The summed E-state index contributed by atoms with van der Waals surface area (Å²) in [5.41, 5.74) is 7.41. The van der Waals surface area contributed by atoms with Crippen LogP contribution in [0.15, 0.2) is 72.8 Å². The molecule has 0 aliphatic rings. The summed E-state index contributed by atoms with van der Waals surface area (Å²) in [6.45, 7) is 1.99. The number of carbonyl (C=O) groups is 2. The molecule has 0 spiro atoms. The summed E-state index contributed by atoms with van der Waals surface area (Å²) in [6, 6.07) is 21.4. The Morgan fingerprint density at radius 2 is 1.35 bits per heavy atom. The Morgan fingerprint density at radius 1 is 0.839 bits per heavy atom. The number of carbonyl (C=O) groups excluding carboxylic acids is 2. The number of benzene rings is 3. The second-order valence-corrected chi connectivity index (χ2v) is 7.28. The van der Waals surface area contributed by atoms with E-state index in [1.165, 1.54) is 5.56 Å². The fourth-order valence-corrected chi connectivity index (χ4v) is 3.05. The summed E-state index contributed by atoms with van der Waals surface area (Å²) in [4.78, 5) is 23.6. The van der Waals surface area contributed by atoms with Crippen LogP contribution < -0.4 is 20.5 Å². The average Bonchev–Trinajstić information content (AvgIpc) is 2.79. The lowest BCUT2D eigenvalue weighted by atomic mass is 10.1. The standard InChI is InChI=1S/C25H26N2O4/c1-17(3-4-18-5-11-21(30-2)12-6-18)27-25(29)20-9-15-23(16-10-20)31-22-13-7-19(8-14-22)24(26)28/h5-17H,3-4H2,1-2H3,(H2,26,28)(H,27,29). The van der Waals surface area contributed by atoms with Crippen LogP contribution in [0.3, 0.4) is 0 Å². The van der Waals surface area contributed by atoms with Crippen molar-refractivity contribution in [2.75, 3.05) is 7.11 Å². The number of hydrogen-bond acceptors (Lipinski definition) is 4. The molecule has 0 fully saturated rings. The first-order valence-electron chi connectivity index (χ1n) is 10.1. The van der Waals surface area contributed by atoms with Gasteiger partial charge in [0, 0.05) is 17.2 Å². The lowest BCUT2D eigenvalue weighted by Crippen LogP contribution is -2.32. The summed E-state index contributed by atoms with van der Waals surface area (Å²) in [7, 11) is 1.65. The van der Waals surface area contributed by atoms with Crippen molar-refractivity contribution in [3.63, 3.8) is 0 Å². The monoisotopic (exact) mass is 418 g/mol. The van der Waals surface area contributed by atoms with Gasteiger partial charge in [-0.15, -0.1) is 0 Å². The zero-order valence-corrected chi connectivity index (χ0v) is 17.6. The van der Waals surface area contributed by atoms with Crippen LogP contribution in [0.5, 0.6) is 17.2 Å². The zero-order valence-electron chi connectivity index (χ0n) is 17.6. The van der Waals surface area contributed by atoms with Gasteiger partial charge in [-0.25, -0.2) is 0 Å². The summed E-state index contributed by atoms with van der Waals surface area (Å²) in [5, 5.41) is 3.03. The van der Waals surface area contributed by atoms with Gasteiger partial charge in [0.05, 0.1) is 7.11 Å². The fourth-order valence-electron chi connectivity index (χ4n) is 3.05. The molecule has 3 N–H and O–H groups in total. The molecule has 0 heterocycles. The van der Waals surface area contributed by atoms with Crippen molar-refractivity contribution in [2.24, 2.45) is 5.73 Å². The summed E-state index contributed by atoms with van der Waals surface area (Å²) in [6.07, 6.45) is 1.70. The molecule has 0 radical (unpaired) electrons. The SMILES string of the molecule is COc1ccc(CCC(C)NC(=O)c2ccc(Oc3ccc(C(N)=O)cc3)cc2)cc1. The molecule has 0 bridgehead atoms. The van der Waals surface area contributed by atoms with Crippen LogP contribution >= 0.6 is 0 Å². The van der Waals surface area contributed by atoms with Crippen LogP contribution in [0.25, 0.3) is 0 Å². The van der Waals surface area contributed by atoms with Gasteiger partial charge >= 0.3 is 0 Å². The fraction of sp³-hybridized carbons (Fsp3) is 0.200. The van der Waals surface area contributed by atoms with E-state index in [2.05, 4.69) is 5.32 Å². The Labute approximate surface area is 182 Å². The summed E-state index contributed by atoms with van der Waals surface area (Å²) in [5.74, 6) is 1.39. The maximum atomic E-state index is 12.5. The number of hydrogen-bond donors (Lipinski definition) is 2. The Kier molecular flexibility index (Phi) is 7.27. The number of ether oxygens (including phenoxy) is 2. The molecule has 6 nitrogen and oxygen atoms in total.